The number of hydrogen-bond acceptors (Lipinski definition) is 2. The molecule has 0 radical (unpaired) electrons. The van der Waals surface area contributed by atoms with Crippen molar-refractivity contribution in [3.05, 3.63) is 114 Å². The number of rotatable bonds is 4. The largest absolute Gasteiger partial charge is 0.508 e. The summed E-state index contributed by atoms with van der Waals surface area (Å²) in [4.78, 5) is 1.38. The van der Waals surface area contributed by atoms with Gasteiger partial charge in [0.2, 0.25) is 0 Å². The van der Waals surface area contributed by atoms with Crippen LogP contribution in [0.25, 0.3) is 32.3 Å². The Labute approximate surface area is 174 Å². The molecule has 0 aliphatic rings. The zero-order chi connectivity index (χ0) is 19.6. The molecule has 1 nitrogen and oxygen atoms in total. The van der Waals surface area contributed by atoms with E-state index < -0.39 is 0 Å². The number of thiophene rings is 1. The van der Waals surface area contributed by atoms with Gasteiger partial charge in [0.1, 0.15) is 5.75 Å². The maximum absolute atomic E-state index is 9.71. The van der Waals surface area contributed by atoms with Gasteiger partial charge in [0.15, 0.2) is 0 Å². The first kappa shape index (κ1) is 17.7. The van der Waals surface area contributed by atoms with Crippen molar-refractivity contribution >= 4 is 21.4 Å². The smallest absolute Gasteiger partial charge is 0.115 e. The molecule has 1 aromatic heterocycles. The molecule has 0 amide bonds. The highest BCUT2D eigenvalue weighted by atomic mass is 32.1. The highest BCUT2D eigenvalue weighted by molar-refractivity contribution is 7.19. The van der Waals surface area contributed by atoms with Crippen molar-refractivity contribution in [3.63, 3.8) is 0 Å². The predicted molar refractivity (Wildman–Crippen MR) is 124 cm³/mol. The zero-order valence-electron chi connectivity index (χ0n) is 15.9. The summed E-state index contributed by atoms with van der Waals surface area (Å²) in [6.45, 7) is 0. The van der Waals surface area contributed by atoms with Gasteiger partial charge in [-0.05, 0) is 40.5 Å². The second-order valence-corrected chi connectivity index (χ2v) is 8.29. The molecule has 0 atom stereocenters. The van der Waals surface area contributed by atoms with E-state index in [2.05, 4.69) is 78.9 Å². The molecule has 0 saturated carbocycles. The van der Waals surface area contributed by atoms with Crippen molar-refractivity contribution in [2.75, 3.05) is 0 Å². The van der Waals surface area contributed by atoms with Gasteiger partial charge in [0, 0.05) is 26.9 Å². The Morgan fingerprint density at radius 1 is 0.621 bits per heavy atom. The van der Waals surface area contributed by atoms with Gasteiger partial charge in [-0.15, -0.1) is 11.3 Å². The number of benzene rings is 4. The van der Waals surface area contributed by atoms with E-state index in [9.17, 15) is 5.11 Å². The summed E-state index contributed by atoms with van der Waals surface area (Å²) in [6, 6.07) is 35.4. The maximum Gasteiger partial charge on any atom is 0.115 e. The second kappa shape index (κ2) is 7.57. The van der Waals surface area contributed by atoms with Crippen LogP contribution in [-0.2, 0) is 6.42 Å². The van der Waals surface area contributed by atoms with E-state index in [1.807, 2.05) is 23.5 Å². The van der Waals surface area contributed by atoms with E-state index >= 15 is 0 Å². The van der Waals surface area contributed by atoms with Crippen LogP contribution < -0.4 is 0 Å². The quantitative estimate of drug-likeness (QED) is 0.335. The Hall–Kier alpha value is -3.36. The zero-order valence-corrected chi connectivity index (χ0v) is 16.7. The lowest BCUT2D eigenvalue weighted by Crippen LogP contribution is -1.90. The van der Waals surface area contributed by atoms with Crippen LogP contribution in [0.15, 0.2) is 103 Å². The van der Waals surface area contributed by atoms with Crippen LogP contribution in [0.4, 0.5) is 0 Å². The molecule has 0 unspecified atom stereocenters. The third-order valence-electron chi connectivity index (χ3n) is 5.25. The summed E-state index contributed by atoms with van der Waals surface area (Å²) < 4.78 is 1.31. The first-order chi connectivity index (χ1) is 14.3. The Morgan fingerprint density at radius 3 is 2.07 bits per heavy atom. The molecular formula is C27H20OS. The SMILES string of the molecule is Oc1ccc(-c2ccccc2-c2c(Cc3ccccc3)sc3ccccc23)cc1. The minimum absolute atomic E-state index is 0.289. The van der Waals surface area contributed by atoms with Crippen LogP contribution in [0.3, 0.4) is 0 Å². The van der Waals surface area contributed by atoms with E-state index in [1.165, 1.54) is 37.2 Å². The van der Waals surface area contributed by atoms with Crippen LogP contribution in [0.1, 0.15) is 10.4 Å². The lowest BCUT2D eigenvalue weighted by molar-refractivity contribution is 0.475. The van der Waals surface area contributed by atoms with Crippen molar-refractivity contribution in [1.82, 2.24) is 0 Å². The Morgan fingerprint density at radius 2 is 1.28 bits per heavy atom. The van der Waals surface area contributed by atoms with E-state index in [4.69, 9.17) is 0 Å². The van der Waals surface area contributed by atoms with Crippen LogP contribution in [0, 0.1) is 0 Å². The molecule has 0 saturated heterocycles. The molecule has 5 rings (SSSR count). The predicted octanol–water partition coefficient (Wildman–Crippen LogP) is 7.53. The van der Waals surface area contributed by atoms with Crippen LogP contribution >= 0.6 is 11.3 Å². The van der Waals surface area contributed by atoms with Gasteiger partial charge in [-0.25, -0.2) is 0 Å². The fourth-order valence-corrected chi connectivity index (χ4v) is 5.14. The number of phenols is 1. The molecule has 1 N–H and O–H groups in total. The lowest BCUT2D eigenvalue weighted by atomic mass is 9.91. The van der Waals surface area contributed by atoms with E-state index in [0.717, 1.165) is 12.0 Å². The first-order valence-electron chi connectivity index (χ1n) is 9.73. The molecule has 29 heavy (non-hydrogen) atoms. The summed E-state index contributed by atoms with van der Waals surface area (Å²) in [7, 11) is 0. The summed E-state index contributed by atoms with van der Waals surface area (Å²) in [6.07, 6.45) is 0.916. The Bertz CT molecular complexity index is 1270. The van der Waals surface area contributed by atoms with Crippen molar-refractivity contribution < 1.29 is 5.11 Å². The van der Waals surface area contributed by atoms with Crippen LogP contribution in [-0.4, -0.2) is 5.11 Å². The number of fused-ring (bicyclic) bond motifs is 1. The number of aromatic hydroxyl groups is 1. The minimum Gasteiger partial charge on any atom is -0.508 e. The van der Waals surface area contributed by atoms with Crippen molar-refractivity contribution in [1.29, 1.82) is 0 Å². The van der Waals surface area contributed by atoms with Gasteiger partial charge in [-0.2, -0.15) is 0 Å². The van der Waals surface area contributed by atoms with E-state index in [1.54, 1.807) is 12.1 Å². The third kappa shape index (κ3) is 3.43. The summed E-state index contributed by atoms with van der Waals surface area (Å²) >= 11 is 1.88. The summed E-state index contributed by atoms with van der Waals surface area (Å²) in [5, 5.41) is 11.0. The summed E-state index contributed by atoms with van der Waals surface area (Å²) in [5.41, 5.74) is 6.17. The normalized spacial score (nSPS) is 11.0. The van der Waals surface area contributed by atoms with Gasteiger partial charge in [-0.1, -0.05) is 84.9 Å². The standard InChI is InChI=1S/C27H20OS/c28-21-16-14-20(15-17-21)22-10-4-5-11-23(22)27-24-12-6-7-13-25(24)29-26(27)18-19-8-2-1-3-9-19/h1-17,28H,18H2. The molecule has 0 fully saturated rings. The number of phenolic OH excluding ortho intramolecular Hbond substituents is 1. The van der Waals surface area contributed by atoms with E-state index in [-0.39, 0.29) is 5.75 Å². The molecule has 5 aromatic rings. The van der Waals surface area contributed by atoms with Gasteiger partial charge in [0.05, 0.1) is 0 Å². The highest BCUT2D eigenvalue weighted by Gasteiger charge is 2.17. The molecule has 0 aliphatic carbocycles. The monoisotopic (exact) mass is 392 g/mol. The van der Waals surface area contributed by atoms with Gasteiger partial charge in [0.25, 0.3) is 0 Å². The van der Waals surface area contributed by atoms with E-state index in [0.29, 0.717) is 0 Å². The Kier molecular flexibility index (Phi) is 4.63. The molecule has 1 heterocycles. The van der Waals surface area contributed by atoms with Crippen molar-refractivity contribution in [3.8, 4) is 28.0 Å². The summed E-state index contributed by atoms with van der Waals surface area (Å²) in [5.74, 6) is 0.289. The second-order valence-electron chi connectivity index (χ2n) is 7.15. The fraction of sp³-hybridized carbons (Fsp3) is 0.0370. The fourth-order valence-electron chi connectivity index (χ4n) is 3.89. The topological polar surface area (TPSA) is 20.2 Å². The van der Waals surface area contributed by atoms with Gasteiger partial charge in [-0.3, -0.25) is 0 Å². The third-order valence-corrected chi connectivity index (χ3v) is 6.42. The molecule has 2 heteroatoms. The van der Waals surface area contributed by atoms with Crippen molar-refractivity contribution in [2.24, 2.45) is 0 Å². The molecule has 0 bridgehead atoms. The molecule has 0 aliphatic heterocycles. The number of hydrogen-bond donors (Lipinski definition) is 1. The Balaban J connectivity index is 1.73. The molecule has 140 valence electrons. The molecular weight excluding hydrogens is 372 g/mol. The van der Waals surface area contributed by atoms with Gasteiger partial charge >= 0.3 is 0 Å². The highest BCUT2D eigenvalue weighted by Crippen LogP contribution is 2.43. The first-order valence-corrected chi connectivity index (χ1v) is 10.5. The average Bonchev–Trinajstić information content (AvgIpc) is 3.13. The minimum atomic E-state index is 0.289. The average molecular weight is 393 g/mol. The maximum atomic E-state index is 9.71. The van der Waals surface area contributed by atoms with Crippen LogP contribution in [0.2, 0.25) is 0 Å². The van der Waals surface area contributed by atoms with Gasteiger partial charge < -0.3 is 5.11 Å². The lowest BCUT2D eigenvalue weighted by Gasteiger charge is -2.12. The van der Waals surface area contributed by atoms with Crippen LogP contribution in [0.5, 0.6) is 5.75 Å². The van der Waals surface area contributed by atoms with Crippen molar-refractivity contribution in [2.45, 2.75) is 6.42 Å². The molecule has 4 aromatic carbocycles. The molecule has 0 spiro atoms.